The average molecular weight is 259 g/mol. The number of hydrazone groups is 1. The highest BCUT2D eigenvalue weighted by Gasteiger charge is 2.61. The van der Waals surface area contributed by atoms with Crippen molar-refractivity contribution in [1.82, 2.24) is 5.01 Å². The molecule has 2 heterocycles. The van der Waals surface area contributed by atoms with Crippen molar-refractivity contribution in [2.24, 2.45) is 5.10 Å². The van der Waals surface area contributed by atoms with Gasteiger partial charge in [-0.1, -0.05) is 18.2 Å². The van der Waals surface area contributed by atoms with Crippen molar-refractivity contribution in [3.8, 4) is 0 Å². The maximum absolute atomic E-state index is 12.6. The van der Waals surface area contributed by atoms with E-state index in [1.807, 2.05) is 18.2 Å². The Balaban J connectivity index is 2.25. The second-order valence-electron chi connectivity index (χ2n) is 4.58. The summed E-state index contributed by atoms with van der Waals surface area (Å²) in [5.74, 6) is -0.353. The van der Waals surface area contributed by atoms with E-state index in [1.165, 1.54) is 11.8 Å². The van der Waals surface area contributed by atoms with Gasteiger partial charge in [0, 0.05) is 20.9 Å². The first kappa shape index (κ1) is 11.7. The summed E-state index contributed by atoms with van der Waals surface area (Å²) in [6.45, 7) is 2.99. The zero-order valence-electron chi connectivity index (χ0n) is 10.9. The number of ether oxygens (including phenoxy) is 1. The molecule has 1 spiro atoms. The normalized spacial score (nSPS) is 24.6. The number of carbonyl (C=O) groups is 2. The number of hydrogen-bond donors (Lipinski definition) is 0. The molecule has 6 heteroatoms. The molecule has 1 aromatic carbocycles. The van der Waals surface area contributed by atoms with E-state index in [-0.39, 0.29) is 11.8 Å². The molecule has 3 rings (SSSR count). The highest BCUT2D eigenvalue weighted by atomic mass is 16.6. The molecule has 0 fully saturated rings. The van der Waals surface area contributed by atoms with E-state index in [2.05, 4.69) is 5.10 Å². The second kappa shape index (κ2) is 3.57. The first-order valence-electron chi connectivity index (χ1n) is 5.91. The Morgan fingerprint density at radius 2 is 2.05 bits per heavy atom. The van der Waals surface area contributed by atoms with Crippen molar-refractivity contribution >= 4 is 23.4 Å². The number of para-hydroxylation sites is 1. The molecule has 1 aromatic rings. The Bertz CT molecular complexity index is 625. The van der Waals surface area contributed by atoms with E-state index in [9.17, 15) is 9.59 Å². The molecule has 19 heavy (non-hydrogen) atoms. The fourth-order valence-electron chi connectivity index (χ4n) is 2.59. The van der Waals surface area contributed by atoms with Gasteiger partial charge in [-0.25, -0.2) is 0 Å². The number of likely N-dealkylation sites (N-methyl/N-ethyl adjacent to an activating group) is 1. The van der Waals surface area contributed by atoms with Gasteiger partial charge >= 0.3 is 5.72 Å². The molecular formula is C13H13N3O3. The zero-order chi connectivity index (χ0) is 13.8. The van der Waals surface area contributed by atoms with Gasteiger partial charge in [0.05, 0.1) is 11.3 Å². The Hall–Kier alpha value is -2.37. The van der Waals surface area contributed by atoms with Crippen LogP contribution in [0.3, 0.4) is 0 Å². The minimum Gasteiger partial charge on any atom is -0.438 e. The van der Waals surface area contributed by atoms with E-state index in [1.54, 1.807) is 20.0 Å². The molecule has 1 atom stereocenters. The van der Waals surface area contributed by atoms with Crippen molar-refractivity contribution in [1.29, 1.82) is 0 Å². The number of carbonyl (C=O) groups excluding carboxylic acids is 2. The Morgan fingerprint density at radius 1 is 1.37 bits per heavy atom. The summed E-state index contributed by atoms with van der Waals surface area (Å²) in [7, 11) is 1.66. The number of nitrogens with zero attached hydrogens (tertiary/aromatic N) is 3. The van der Waals surface area contributed by atoms with E-state index < -0.39 is 5.72 Å². The molecule has 98 valence electrons. The van der Waals surface area contributed by atoms with Crippen molar-refractivity contribution in [3.05, 3.63) is 29.8 Å². The highest BCUT2D eigenvalue weighted by Crippen LogP contribution is 2.46. The van der Waals surface area contributed by atoms with Gasteiger partial charge in [-0.3, -0.25) is 9.59 Å². The standard InChI is InChI=1S/C13H13N3O3/c1-8-14-16(9(2)17)13(19-8)10-6-4-5-7-11(10)15(3)12(13)18/h4-7H,1-3H3. The Morgan fingerprint density at radius 3 is 2.74 bits per heavy atom. The Labute approximate surface area is 110 Å². The lowest BCUT2D eigenvalue weighted by molar-refractivity contribution is -0.161. The van der Waals surface area contributed by atoms with Crippen LogP contribution in [0.2, 0.25) is 0 Å². The molecule has 0 saturated carbocycles. The summed E-state index contributed by atoms with van der Waals surface area (Å²) in [6.07, 6.45) is 0. The largest absolute Gasteiger partial charge is 0.438 e. The molecule has 0 saturated heterocycles. The average Bonchev–Trinajstić information content (AvgIpc) is 2.84. The topological polar surface area (TPSA) is 62.2 Å². The summed E-state index contributed by atoms with van der Waals surface area (Å²) in [5.41, 5.74) is -0.108. The summed E-state index contributed by atoms with van der Waals surface area (Å²) >= 11 is 0. The van der Waals surface area contributed by atoms with Gasteiger partial charge < -0.3 is 9.64 Å². The first-order chi connectivity index (χ1) is 8.98. The van der Waals surface area contributed by atoms with E-state index in [0.717, 1.165) is 10.7 Å². The molecule has 0 aliphatic carbocycles. The third kappa shape index (κ3) is 1.28. The minimum atomic E-state index is -1.47. The Kier molecular flexibility index (Phi) is 2.20. The van der Waals surface area contributed by atoms with Crippen LogP contribution in [0.4, 0.5) is 5.69 Å². The van der Waals surface area contributed by atoms with Crippen LogP contribution in [0, 0.1) is 0 Å². The zero-order valence-corrected chi connectivity index (χ0v) is 10.9. The summed E-state index contributed by atoms with van der Waals surface area (Å²) in [6, 6.07) is 7.24. The molecule has 6 nitrogen and oxygen atoms in total. The van der Waals surface area contributed by atoms with Crippen LogP contribution in [-0.4, -0.2) is 29.8 Å². The maximum Gasteiger partial charge on any atom is 0.313 e. The number of amides is 2. The van der Waals surface area contributed by atoms with E-state index in [0.29, 0.717) is 11.5 Å². The van der Waals surface area contributed by atoms with Gasteiger partial charge in [-0.05, 0) is 6.07 Å². The molecule has 1 unspecified atom stereocenters. The molecule has 0 bridgehead atoms. The smallest absolute Gasteiger partial charge is 0.313 e. The molecular weight excluding hydrogens is 246 g/mol. The fraction of sp³-hybridized carbons (Fsp3) is 0.308. The maximum atomic E-state index is 12.6. The monoisotopic (exact) mass is 259 g/mol. The number of rotatable bonds is 0. The van der Waals surface area contributed by atoms with E-state index >= 15 is 0 Å². The lowest BCUT2D eigenvalue weighted by atomic mass is 10.0. The first-order valence-corrected chi connectivity index (χ1v) is 5.91. The van der Waals surface area contributed by atoms with Crippen LogP contribution in [0.15, 0.2) is 29.4 Å². The number of anilines is 1. The van der Waals surface area contributed by atoms with Crippen molar-refractivity contribution in [2.45, 2.75) is 19.6 Å². The summed E-state index contributed by atoms with van der Waals surface area (Å²) in [5, 5.41) is 5.16. The third-order valence-corrected chi connectivity index (χ3v) is 3.36. The quantitative estimate of drug-likeness (QED) is 0.699. The lowest BCUT2D eigenvalue weighted by Gasteiger charge is -2.28. The lowest BCUT2D eigenvalue weighted by Crippen LogP contribution is -2.51. The summed E-state index contributed by atoms with van der Waals surface area (Å²) in [4.78, 5) is 25.8. The van der Waals surface area contributed by atoms with Crippen LogP contribution < -0.4 is 4.90 Å². The molecule has 2 aliphatic heterocycles. The molecule has 2 amide bonds. The molecule has 0 N–H and O–H groups in total. The van der Waals surface area contributed by atoms with Crippen LogP contribution in [-0.2, 0) is 20.1 Å². The van der Waals surface area contributed by atoms with Crippen LogP contribution >= 0.6 is 0 Å². The summed E-state index contributed by atoms with van der Waals surface area (Å²) < 4.78 is 5.66. The molecule has 2 aliphatic rings. The number of fused-ring (bicyclic) bond motifs is 2. The second-order valence-corrected chi connectivity index (χ2v) is 4.58. The van der Waals surface area contributed by atoms with Crippen molar-refractivity contribution in [2.75, 3.05) is 11.9 Å². The van der Waals surface area contributed by atoms with Gasteiger partial charge in [0.1, 0.15) is 0 Å². The molecule has 0 radical (unpaired) electrons. The third-order valence-electron chi connectivity index (χ3n) is 3.36. The van der Waals surface area contributed by atoms with Crippen molar-refractivity contribution in [3.63, 3.8) is 0 Å². The fourth-order valence-corrected chi connectivity index (χ4v) is 2.59. The van der Waals surface area contributed by atoms with Gasteiger partial charge in [0.2, 0.25) is 11.8 Å². The van der Waals surface area contributed by atoms with Gasteiger partial charge in [-0.2, -0.15) is 5.01 Å². The highest BCUT2D eigenvalue weighted by molar-refractivity contribution is 6.09. The predicted octanol–water partition coefficient (Wildman–Crippen LogP) is 1.03. The minimum absolute atomic E-state index is 0.300. The SMILES string of the molecule is CC(=O)N1N=C(C)OC12C(=O)N(C)c1ccccc12. The number of hydrogen-bond acceptors (Lipinski definition) is 4. The van der Waals surface area contributed by atoms with Crippen LogP contribution in [0.5, 0.6) is 0 Å². The predicted molar refractivity (Wildman–Crippen MR) is 68.2 cm³/mol. The van der Waals surface area contributed by atoms with Gasteiger partial charge in [0.15, 0.2) is 0 Å². The van der Waals surface area contributed by atoms with E-state index in [4.69, 9.17) is 4.74 Å². The van der Waals surface area contributed by atoms with Crippen LogP contribution in [0.25, 0.3) is 0 Å². The van der Waals surface area contributed by atoms with Crippen molar-refractivity contribution < 1.29 is 14.3 Å². The van der Waals surface area contributed by atoms with Gasteiger partial charge in [0.25, 0.3) is 5.91 Å². The number of benzene rings is 1. The van der Waals surface area contributed by atoms with Crippen LogP contribution in [0.1, 0.15) is 19.4 Å². The van der Waals surface area contributed by atoms with Gasteiger partial charge in [-0.15, -0.1) is 5.10 Å². The molecule has 0 aromatic heterocycles.